The summed E-state index contributed by atoms with van der Waals surface area (Å²) < 4.78 is 18.4. The van der Waals surface area contributed by atoms with E-state index in [4.69, 9.17) is 14.0 Å². The molecule has 1 fully saturated rings. The van der Waals surface area contributed by atoms with Gasteiger partial charge in [0, 0.05) is 18.0 Å². The zero-order chi connectivity index (χ0) is 28.7. The van der Waals surface area contributed by atoms with E-state index < -0.39 is 24.4 Å². The van der Waals surface area contributed by atoms with Crippen molar-refractivity contribution in [3.63, 3.8) is 0 Å². The van der Waals surface area contributed by atoms with Gasteiger partial charge in [-0.2, -0.15) is 0 Å². The van der Waals surface area contributed by atoms with Crippen molar-refractivity contribution in [2.75, 3.05) is 13.2 Å². The van der Waals surface area contributed by atoms with E-state index in [0.717, 1.165) is 16.6 Å². The van der Waals surface area contributed by atoms with E-state index in [2.05, 4.69) is 29.6 Å². The smallest absolute Gasteiger partial charge is 0.449 e. The van der Waals surface area contributed by atoms with Gasteiger partial charge >= 0.3 is 13.2 Å². The molecule has 7 heteroatoms. The number of hydrogen-bond acceptors (Lipinski definition) is 5. The maximum atomic E-state index is 13.0. The standard InChI is InChI=1S/C33H36BNO5/c1-21-17-24(22(2)36)16-15-23(21)18-25(34-39-32(3,4)33(5,6)40-34)19-35-31(37)38-20-30-28-13-9-7-11-26(28)27-12-8-10-14-29(27)30/h7-18,30H,19-20H2,1-6H3,(H,35,37). The van der Waals surface area contributed by atoms with Crippen molar-refractivity contribution in [3.8, 4) is 11.1 Å². The Morgan fingerprint density at radius 1 is 0.925 bits per heavy atom. The molecule has 40 heavy (non-hydrogen) atoms. The first-order chi connectivity index (χ1) is 19.0. The number of benzene rings is 3. The Morgan fingerprint density at radius 3 is 2.05 bits per heavy atom. The van der Waals surface area contributed by atoms with Gasteiger partial charge in [0.1, 0.15) is 6.61 Å². The number of carbonyl (C=O) groups is 2. The number of aryl methyl sites for hydroxylation is 1. The molecule has 3 aromatic rings. The topological polar surface area (TPSA) is 73.9 Å². The van der Waals surface area contributed by atoms with Gasteiger partial charge in [0.2, 0.25) is 0 Å². The van der Waals surface area contributed by atoms with Crippen molar-refractivity contribution in [1.82, 2.24) is 5.32 Å². The minimum atomic E-state index is -0.647. The van der Waals surface area contributed by atoms with E-state index >= 15 is 0 Å². The quantitative estimate of drug-likeness (QED) is 0.267. The maximum absolute atomic E-state index is 13.0. The molecule has 1 amide bonds. The number of carbonyl (C=O) groups excluding carboxylic acids is 2. The molecule has 0 spiro atoms. The van der Waals surface area contributed by atoms with E-state index in [0.29, 0.717) is 5.56 Å². The molecule has 0 aromatic heterocycles. The Labute approximate surface area is 236 Å². The summed E-state index contributed by atoms with van der Waals surface area (Å²) in [6.45, 7) is 11.9. The van der Waals surface area contributed by atoms with Crippen LogP contribution in [-0.4, -0.2) is 43.3 Å². The number of fused-ring (bicyclic) bond motifs is 3. The molecule has 0 radical (unpaired) electrons. The van der Waals surface area contributed by atoms with Crippen LogP contribution in [0.4, 0.5) is 4.79 Å². The molecular weight excluding hydrogens is 501 g/mol. The van der Waals surface area contributed by atoms with Gasteiger partial charge in [0.25, 0.3) is 0 Å². The second-order valence-electron chi connectivity index (χ2n) is 11.6. The van der Waals surface area contributed by atoms with Gasteiger partial charge in [-0.05, 0) is 86.5 Å². The summed E-state index contributed by atoms with van der Waals surface area (Å²) in [6.07, 6.45) is 1.46. The van der Waals surface area contributed by atoms with Gasteiger partial charge in [-0.15, -0.1) is 0 Å². The lowest BCUT2D eigenvalue weighted by Crippen LogP contribution is -2.41. The van der Waals surface area contributed by atoms with Crippen LogP contribution in [0.15, 0.2) is 72.2 Å². The second kappa shape index (κ2) is 10.7. The monoisotopic (exact) mass is 537 g/mol. The first-order valence-electron chi connectivity index (χ1n) is 13.7. The summed E-state index contributed by atoms with van der Waals surface area (Å²) in [7, 11) is -0.647. The van der Waals surface area contributed by atoms with E-state index in [1.165, 1.54) is 22.3 Å². The minimum absolute atomic E-state index is 0.0151. The number of alkyl carbamates (subject to hydrolysis) is 1. The summed E-state index contributed by atoms with van der Waals surface area (Å²) in [6, 6.07) is 22.1. The van der Waals surface area contributed by atoms with Crippen LogP contribution < -0.4 is 5.32 Å². The number of Topliss-reactive ketones (excluding diaryl/α,β-unsaturated/α-hetero) is 1. The maximum Gasteiger partial charge on any atom is 0.492 e. The molecular formula is C33H36BNO5. The SMILES string of the molecule is CC(=O)c1ccc(C=C(CNC(=O)OCC2c3ccccc3-c3ccccc32)B2OC(C)(C)C(C)(C)O2)c(C)c1. The van der Waals surface area contributed by atoms with Gasteiger partial charge in [-0.25, -0.2) is 4.79 Å². The molecule has 1 aliphatic heterocycles. The van der Waals surface area contributed by atoms with E-state index in [-0.39, 0.29) is 24.9 Å². The Hall–Kier alpha value is -3.68. The second-order valence-corrected chi connectivity index (χ2v) is 11.6. The predicted molar refractivity (Wildman–Crippen MR) is 158 cm³/mol. The highest BCUT2D eigenvalue weighted by molar-refractivity contribution is 6.56. The van der Waals surface area contributed by atoms with Crippen molar-refractivity contribution in [2.24, 2.45) is 0 Å². The van der Waals surface area contributed by atoms with Crippen LogP contribution in [0.3, 0.4) is 0 Å². The van der Waals surface area contributed by atoms with Gasteiger partial charge in [0.05, 0.1) is 11.2 Å². The number of ether oxygens (including phenoxy) is 1. The van der Waals surface area contributed by atoms with Crippen LogP contribution in [0, 0.1) is 6.92 Å². The minimum Gasteiger partial charge on any atom is -0.449 e. The summed E-state index contributed by atoms with van der Waals surface area (Å²) in [5.74, 6) is 0.000401. The molecule has 206 valence electrons. The Morgan fingerprint density at radius 2 is 1.50 bits per heavy atom. The van der Waals surface area contributed by atoms with Crippen LogP contribution >= 0.6 is 0 Å². The van der Waals surface area contributed by atoms with E-state index in [1.54, 1.807) is 6.92 Å². The molecule has 1 heterocycles. The lowest BCUT2D eigenvalue weighted by molar-refractivity contribution is 0.00578. The Bertz CT molecular complexity index is 1430. The van der Waals surface area contributed by atoms with Gasteiger partial charge in [-0.1, -0.05) is 66.7 Å². The number of nitrogens with one attached hydrogen (secondary N) is 1. The highest BCUT2D eigenvalue weighted by Gasteiger charge is 2.52. The van der Waals surface area contributed by atoms with Gasteiger partial charge < -0.3 is 19.4 Å². The number of rotatable bonds is 7. The predicted octanol–water partition coefficient (Wildman–Crippen LogP) is 6.75. The molecule has 0 atom stereocenters. The Balaban J connectivity index is 1.32. The summed E-state index contributed by atoms with van der Waals surface area (Å²) >= 11 is 0. The van der Waals surface area contributed by atoms with Crippen molar-refractivity contribution in [3.05, 3.63) is 100 Å². The van der Waals surface area contributed by atoms with E-state index in [9.17, 15) is 9.59 Å². The molecule has 1 aliphatic carbocycles. The molecule has 2 aliphatic rings. The average molecular weight is 537 g/mol. The fraction of sp³-hybridized carbons (Fsp3) is 0.333. The van der Waals surface area contributed by atoms with Gasteiger partial charge in [0.15, 0.2) is 5.78 Å². The normalized spacial score (nSPS) is 17.4. The third-order valence-corrected chi connectivity index (χ3v) is 8.35. The molecule has 6 nitrogen and oxygen atoms in total. The summed E-state index contributed by atoms with van der Waals surface area (Å²) in [4.78, 5) is 24.8. The van der Waals surface area contributed by atoms with Crippen LogP contribution in [0.25, 0.3) is 17.2 Å². The number of ketones is 1. The zero-order valence-electron chi connectivity index (χ0n) is 24.0. The van der Waals surface area contributed by atoms with Crippen molar-refractivity contribution in [1.29, 1.82) is 0 Å². The van der Waals surface area contributed by atoms with Crippen LogP contribution in [0.1, 0.15) is 73.1 Å². The number of amides is 1. The third kappa shape index (κ3) is 5.36. The molecule has 5 rings (SSSR count). The highest BCUT2D eigenvalue weighted by Crippen LogP contribution is 2.44. The highest BCUT2D eigenvalue weighted by atomic mass is 16.7. The van der Waals surface area contributed by atoms with Gasteiger partial charge in [-0.3, -0.25) is 4.79 Å². The largest absolute Gasteiger partial charge is 0.492 e. The summed E-state index contributed by atoms with van der Waals surface area (Å²) in [5, 5.41) is 2.91. The first kappa shape index (κ1) is 27.9. The van der Waals surface area contributed by atoms with Crippen molar-refractivity contribution in [2.45, 2.75) is 58.7 Å². The first-order valence-corrected chi connectivity index (χ1v) is 13.7. The van der Waals surface area contributed by atoms with Crippen LogP contribution in [-0.2, 0) is 14.0 Å². The van der Waals surface area contributed by atoms with Crippen molar-refractivity contribution < 1.29 is 23.6 Å². The molecule has 0 unspecified atom stereocenters. The van der Waals surface area contributed by atoms with Crippen LogP contribution in [0.2, 0.25) is 0 Å². The lowest BCUT2D eigenvalue weighted by atomic mass is 9.76. The average Bonchev–Trinajstić information content (AvgIpc) is 3.34. The Kier molecular flexibility index (Phi) is 7.47. The van der Waals surface area contributed by atoms with Crippen LogP contribution in [0.5, 0.6) is 0 Å². The number of hydrogen-bond donors (Lipinski definition) is 1. The fourth-order valence-electron chi connectivity index (χ4n) is 5.28. The molecule has 3 aromatic carbocycles. The summed E-state index contributed by atoms with van der Waals surface area (Å²) in [5.41, 5.74) is 6.91. The zero-order valence-corrected chi connectivity index (χ0v) is 24.0. The fourth-order valence-corrected chi connectivity index (χ4v) is 5.28. The lowest BCUT2D eigenvalue weighted by Gasteiger charge is -2.32. The molecule has 1 saturated heterocycles. The molecule has 1 N–H and O–H groups in total. The van der Waals surface area contributed by atoms with E-state index in [1.807, 2.05) is 83.2 Å². The third-order valence-electron chi connectivity index (χ3n) is 8.35. The molecule has 0 bridgehead atoms. The van der Waals surface area contributed by atoms with Crippen molar-refractivity contribution >= 4 is 25.1 Å². The molecule has 0 saturated carbocycles.